The number of aldehydes is 1. The van der Waals surface area contributed by atoms with Crippen molar-refractivity contribution in [2.24, 2.45) is 16.9 Å². The summed E-state index contributed by atoms with van der Waals surface area (Å²) >= 11 is 0. The van der Waals surface area contributed by atoms with Gasteiger partial charge in [-0.3, -0.25) is 24.9 Å². The Bertz CT molecular complexity index is 1250. The number of carbonyl (C=O) groups excluding carboxylic acids is 2. The number of amidine groups is 1. The van der Waals surface area contributed by atoms with Crippen LogP contribution in [0.25, 0.3) is 22.0 Å². The summed E-state index contributed by atoms with van der Waals surface area (Å²) in [6, 6.07) is 18.5. The Morgan fingerprint density at radius 2 is 1.85 bits per heavy atom. The number of amides is 1. The number of nitrogens with zero attached hydrogens (tertiary/aromatic N) is 4. The standard InChI is InChI=1S/C26H25N5O2/c32-16-25-29-28-24(12-17-14-30(15-17)26(33)19-3-4-19)31(25)22-8-5-18(6-9-22)20-7-10-23-21(13-20)2-1-11-27-23/h1-2,5-11,13,16-17,19,25,29H,3-4,12,14-15H2. The molecule has 2 aromatic carbocycles. The van der Waals surface area contributed by atoms with Crippen molar-refractivity contribution >= 4 is 34.6 Å². The van der Waals surface area contributed by atoms with Crippen LogP contribution >= 0.6 is 0 Å². The number of hydrazone groups is 1. The Labute approximate surface area is 192 Å². The van der Waals surface area contributed by atoms with Crippen LogP contribution in [0.5, 0.6) is 0 Å². The number of rotatable bonds is 6. The predicted molar refractivity (Wildman–Crippen MR) is 127 cm³/mol. The third-order valence-corrected chi connectivity index (χ3v) is 6.76. The first-order chi connectivity index (χ1) is 16.2. The minimum Gasteiger partial charge on any atom is -0.342 e. The lowest BCUT2D eigenvalue weighted by atomic mass is 9.94. The van der Waals surface area contributed by atoms with Gasteiger partial charge < -0.3 is 4.90 Å². The van der Waals surface area contributed by atoms with E-state index in [4.69, 9.17) is 0 Å². The van der Waals surface area contributed by atoms with Crippen LogP contribution in [0.3, 0.4) is 0 Å². The van der Waals surface area contributed by atoms with Gasteiger partial charge in [0.1, 0.15) is 5.84 Å². The molecule has 3 heterocycles. The highest BCUT2D eigenvalue weighted by Gasteiger charge is 2.40. The normalized spacial score (nSPS) is 20.4. The van der Waals surface area contributed by atoms with Crippen molar-refractivity contribution in [1.29, 1.82) is 0 Å². The number of hydrogen-bond donors (Lipinski definition) is 1. The van der Waals surface area contributed by atoms with Crippen LogP contribution < -0.4 is 10.3 Å². The summed E-state index contributed by atoms with van der Waals surface area (Å²) in [4.78, 5) is 32.2. The second-order valence-corrected chi connectivity index (χ2v) is 9.15. The number of pyridine rings is 1. The molecule has 3 aromatic rings. The largest absolute Gasteiger partial charge is 0.342 e. The Balaban J connectivity index is 1.18. The van der Waals surface area contributed by atoms with Crippen molar-refractivity contribution in [1.82, 2.24) is 15.3 Å². The zero-order valence-corrected chi connectivity index (χ0v) is 18.2. The molecular formula is C26H25N5O2. The number of nitrogens with one attached hydrogen (secondary N) is 1. The molecular weight excluding hydrogens is 414 g/mol. The molecule has 1 saturated heterocycles. The van der Waals surface area contributed by atoms with Gasteiger partial charge in [-0.2, -0.15) is 5.10 Å². The molecule has 1 aromatic heterocycles. The third-order valence-electron chi connectivity index (χ3n) is 6.76. The summed E-state index contributed by atoms with van der Waals surface area (Å²) in [5, 5.41) is 5.56. The van der Waals surface area contributed by atoms with Gasteiger partial charge in [0.25, 0.3) is 0 Å². The molecule has 0 radical (unpaired) electrons. The Morgan fingerprint density at radius 1 is 1.06 bits per heavy atom. The van der Waals surface area contributed by atoms with Crippen molar-refractivity contribution in [3.8, 4) is 11.1 Å². The van der Waals surface area contributed by atoms with E-state index in [2.05, 4.69) is 45.8 Å². The zero-order valence-electron chi connectivity index (χ0n) is 18.2. The second kappa shape index (κ2) is 7.99. The number of aromatic nitrogens is 1. The van der Waals surface area contributed by atoms with Crippen molar-refractivity contribution in [3.63, 3.8) is 0 Å². The number of benzene rings is 2. The quantitative estimate of drug-likeness (QED) is 0.596. The number of anilines is 1. The molecule has 0 bridgehead atoms. The van der Waals surface area contributed by atoms with E-state index in [1.807, 2.05) is 34.1 Å². The van der Waals surface area contributed by atoms with E-state index >= 15 is 0 Å². The van der Waals surface area contributed by atoms with Crippen LogP contribution in [0.15, 0.2) is 65.9 Å². The van der Waals surface area contributed by atoms with Crippen molar-refractivity contribution < 1.29 is 9.59 Å². The van der Waals surface area contributed by atoms with Gasteiger partial charge in [0.2, 0.25) is 5.91 Å². The van der Waals surface area contributed by atoms with Crippen LogP contribution in [0.2, 0.25) is 0 Å². The molecule has 0 spiro atoms. The summed E-state index contributed by atoms with van der Waals surface area (Å²) in [5.74, 6) is 1.80. The fourth-order valence-corrected chi connectivity index (χ4v) is 4.75. The predicted octanol–water partition coefficient (Wildman–Crippen LogP) is 3.41. The van der Waals surface area contributed by atoms with Gasteiger partial charge in [0.15, 0.2) is 12.5 Å². The van der Waals surface area contributed by atoms with Gasteiger partial charge in [-0.1, -0.05) is 24.3 Å². The highest BCUT2D eigenvalue weighted by Crippen LogP contribution is 2.35. The molecule has 7 nitrogen and oxygen atoms in total. The summed E-state index contributed by atoms with van der Waals surface area (Å²) < 4.78 is 0. The molecule has 2 fully saturated rings. The average molecular weight is 440 g/mol. The van der Waals surface area contributed by atoms with Gasteiger partial charge in [-0.15, -0.1) is 0 Å². The van der Waals surface area contributed by atoms with E-state index in [0.29, 0.717) is 11.8 Å². The smallest absolute Gasteiger partial charge is 0.225 e. The SMILES string of the molecule is O=CC1NN=C(CC2CN(C(=O)C3CC3)C2)N1c1ccc(-c2ccc3ncccc3c2)cc1. The maximum atomic E-state index is 12.2. The van der Waals surface area contributed by atoms with E-state index in [1.54, 1.807) is 6.20 Å². The Morgan fingerprint density at radius 3 is 2.61 bits per heavy atom. The molecule has 3 aliphatic rings. The molecule has 1 N–H and O–H groups in total. The molecule has 166 valence electrons. The number of hydrogen-bond acceptors (Lipinski definition) is 6. The lowest BCUT2D eigenvalue weighted by molar-refractivity contribution is -0.138. The molecule has 33 heavy (non-hydrogen) atoms. The van der Waals surface area contributed by atoms with E-state index in [-0.39, 0.29) is 5.92 Å². The molecule has 6 rings (SSSR count). The van der Waals surface area contributed by atoms with Crippen molar-refractivity contribution in [2.45, 2.75) is 25.4 Å². The van der Waals surface area contributed by atoms with E-state index in [0.717, 1.165) is 72.2 Å². The third kappa shape index (κ3) is 3.73. The van der Waals surface area contributed by atoms with Gasteiger partial charge in [-0.25, -0.2) is 0 Å². The fraction of sp³-hybridized carbons (Fsp3) is 0.308. The second-order valence-electron chi connectivity index (χ2n) is 9.15. The zero-order chi connectivity index (χ0) is 22.4. The average Bonchev–Trinajstić information content (AvgIpc) is 3.61. The lowest BCUT2D eigenvalue weighted by Gasteiger charge is -2.40. The monoisotopic (exact) mass is 439 g/mol. The summed E-state index contributed by atoms with van der Waals surface area (Å²) in [7, 11) is 0. The first-order valence-electron chi connectivity index (χ1n) is 11.5. The maximum absolute atomic E-state index is 12.2. The molecule has 1 aliphatic carbocycles. The van der Waals surface area contributed by atoms with E-state index in [1.165, 1.54) is 0 Å². The minimum absolute atomic E-state index is 0.268. The molecule has 7 heteroatoms. The summed E-state index contributed by atoms with van der Waals surface area (Å²) in [6.45, 7) is 1.56. The first-order valence-corrected chi connectivity index (χ1v) is 11.5. The number of likely N-dealkylation sites (tertiary alicyclic amines) is 1. The van der Waals surface area contributed by atoms with Crippen LogP contribution in [0.4, 0.5) is 5.69 Å². The Hall–Kier alpha value is -3.74. The highest BCUT2D eigenvalue weighted by atomic mass is 16.2. The molecule has 1 amide bonds. The minimum atomic E-state index is -0.512. The highest BCUT2D eigenvalue weighted by molar-refractivity contribution is 6.03. The van der Waals surface area contributed by atoms with Crippen LogP contribution in [0.1, 0.15) is 19.3 Å². The van der Waals surface area contributed by atoms with Crippen molar-refractivity contribution in [2.75, 3.05) is 18.0 Å². The van der Waals surface area contributed by atoms with E-state index in [9.17, 15) is 9.59 Å². The van der Waals surface area contributed by atoms with Gasteiger partial charge in [-0.05, 0) is 54.3 Å². The number of fused-ring (bicyclic) bond motifs is 1. The maximum Gasteiger partial charge on any atom is 0.225 e. The summed E-state index contributed by atoms with van der Waals surface area (Å²) in [6.07, 6.45) is 4.99. The molecule has 1 unspecified atom stereocenters. The Kier molecular flexibility index (Phi) is 4.82. The van der Waals surface area contributed by atoms with Crippen LogP contribution in [-0.4, -0.2) is 47.2 Å². The topological polar surface area (TPSA) is 77.9 Å². The van der Waals surface area contributed by atoms with Crippen LogP contribution in [0, 0.1) is 11.8 Å². The van der Waals surface area contributed by atoms with Gasteiger partial charge in [0.05, 0.1) is 5.52 Å². The lowest BCUT2D eigenvalue weighted by Crippen LogP contribution is -2.52. The van der Waals surface area contributed by atoms with Gasteiger partial charge in [0, 0.05) is 48.6 Å². The van der Waals surface area contributed by atoms with Crippen molar-refractivity contribution in [3.05, 3.63) is 60.8 Å². The molecule has 1 atom stereocenters. The number of carbonyl (C=O) groups is 2. The van der Waals surface area contributed by atoms with Gasteiger partial charge >= 0.3 is 0 Å². The molecule has 2 aliphatic heterocycles. The fourth-order valence-electron chi connectivity index (χ4n) is 4.75. The van der Waals surface area contributed by atoms with Crippen LogP contribution in [-0.2, 0) is 9.59 Å². The van der Waals surface area contributed by atoms with E-state index < -0.39 is 6.17 Å². The first kappa shape index (κ1) is 19.9. The molecule has 1 saturated carbocycles. The summed E-state index contributed by atoms with van der Waals surface area (Å²) in [5.41, 5.74) is 7.07.